The molecule has 9 nitrogen and oxygen atoms in total. The number of benzene rings is 3. The van der Waals surface area contributed by atoms with Gasteiger partial charge in [0.1, 0.15) is 0 Å². The van der Waals surface area contributed by atoms with Gasteiger partial charge in [-0.1, -0.05) is 42.5 Å². The minimum absolute atomic E-state index is 0.107. The molecule has 1 unspecified atom stereocenters. The summed E-state index contributed by atoms with van der Waals surface area (Å²) in [7, 11) is 0. The number of hydrogen-bond acceptors (Lipinski definition) is 8. The Labute approximate surface area is 224 Å². The first-order valence-corrected chi connectivity index (χ1v) is 13.4. The highest BCUT2D eigenvalue weighted by Gasteiger charge is 2.13. The van der Waals surface area contributed by atoms with Gasteiger partial charge >= 0.3 is 0 Å². The third-order valence-electron chi connectivity index (χ3n) is 6.38. The van der Waals surface area contributed by atoms with Crippen LogP contribution in [0.1, 0.15) is 12.0 Å². The SMILES string of the molecule is N#CCCN(c1ccc(-c2cccc3cnc(Nc4cccc(CN5CCOCC5)c4)nc23)cc1)S(=O)[O-]. The number of hydrogen-bond donors (Lipinski definition) is 1. The van der Waals surface area contributed by atoms with E-state index in [2.05, 4.69) is 27.3 Å². The van der Waals surface area contributed by atoms with Crippen molar-refractivity contribution in [3.05, 3.63) is 78.5 Å². The van der Waals surface area contributed by atoms with Crippen molar-refractivity contribution in [3.8, 4) is 17.2 Å². The third kappa shape index (κ3) is 6.15. The molecule has 194 valence electrons. The van der Waals surface area contributed by atoms with Crippen LogP contribution in [-0.2, 0) is 22.5 Å². The molecular weight excluding hydrogens is 500 g/mol. The highest BCUT2D eigenvalue weighted by atomic mass is 32.2. The second-order valence-electron chi connectivity index (χ2n) is 8.93. The largest absolute Gasteiger partial charge is 0.755 e. The maximum Gasteiger partial charge on any atom is 0.227 e. The quantitative estimate of drug-likeness (QED) is 0.319. The zero-order chi connectivity index (χ0) is 26.3. The molecule has 2 heterocycles. The molecule has 0 bridgehead atoms. The fraction of sp³-hybridized carbons (Fsp3) is 0.250. The predicted molar refractivity (Wildman–Crippen MR) is 147 cm³/mol. The second kappa shape index (κ2) is 12.1. The Hall–Kier alpha value is -3.88. The van der Waals surface area contributed by atoms with Crippen LogP contribution in [-0.4, -0.2) is 56.5 Å². The summed E-state index contributed by atoms with van der Waals surface area (Å²) in [6, 6.07) is 23.3. The van der Waals surface area contributed by atoms with Crippen LogP contribution in [0.5, 0.6) is 0 Å². The van der Waals surface area contributed by atoms with Gasteiger partial charge in [0.15, 0.2) is 0 Å². The highest BCUT2D eigenvalue weighted by molar-refractivity contribution is 7.80. The van der Waals surface area contributed by atoms with E-state index in [1.165, 1.54) is 9.87 Å². The lowest BCUT2D eigenvalue weighted by atomic mass is 10.0. The first-order chi connectivity index (χ1) is 18.6. The van der Waals surface area contributed by atoms with Crippen molar-refractivity contribution >= 4 is 39.5 Å². The number of nitrogens with zero attached hydrogens (tertiary/aromatic N) is 5. The van der Waals surface area contributed by atoms with E-state index in [4.69, 9.17) is 15.0 Å². The standard InChI is InChI=1S/C28H28N6O3S/c29-12-3-13-34(38(35)36)25-10-8-22(9-11-25)26-7-2-5-23-19-30-28(32-27(23)26)31-24-6-1-4-21(18-24)20-33-14-16-37-17-15-33/h1-2,4-11,18-19H,3,13-17,20H2,(H,35,36)(H,30,31,32)/p-1. The second-order valence-corrected chi connectivity index (χ2v) is 9.80. The molecule has 1 aliphatic heterocycles. The summed E-state index contributed by atoms with van der Waals surface area (Å²) < 4.78 is 29.9. The van der Waals surface area contributed by atoms with Gasteiger partial charge in [0.05, 0.1) is 31.2 Å². The molecule has 0 saturated carbocycles. The van der Waals surface area contributed by atoms with Gasteiger partial charge in [0.2, 0.25) is 5.95 Å². The van der Waals surface area contributed by atoms with Crippen molar-refractivity contribution in [2.24, 2.45) is 0 Å². The molecule has 0 radical (unpaired) electrons. The Morgan fingerprint density at radius 2 is 1.89 bits per heavy atom. The van der Waals surface area contributed by atoms with Gasteiger partial charge in [-0.3, -0.25) is 9.11 Å². The Balaban J connectivity index is 1.38. The van der Waals surface area contributed by atoms with Crippen LogP contribution in [0.4, 0.5) is 17.3 Å². The fourth-order valence-electron chi connectivity index (χ4n) is 4.49. The lowest BCUT2D eigenvalue weighted by Gasteiger charge is -2.26. The summed E-state index contributed by atoms with van der Waals surface area (Å²) in [4.78, 5) is 11.7. The fourth-order valence-corrected chi connectivity index (χ4v) is 5.03. The van der Waals surface area contributed by atoms with Crippen LogP contribution in [0.25, 0.3) is 22.0 Å². The lowest BCUT2D eigenvalue weighted by molar-refractivity contribution is 0.0342. The van der Waals surface area contributed by atoms with Gasteiger partial charge in [-0.2, -0.15) is 5.26 Å². The average molecular weight is 528 g/mol. The predicted octanol–water partition coefficient (Wildman–Crippen LogP) is 4.39. The molecule has 5 rings (SSSR count). The molecule has 1 N–H and O–H groups in total. The maximum absolute atomic E-state index is 11.6. The molecule has 10 heteroatoms. The number of morpholine rings is 1. The van der Waals surface area contributed by atoms with E-state index >= 15 is 0 Å². The topological polar surface area (TPSA) is 117 Å². The number of fused-ring (bicyclic) bond motifs is 1. The number of nitriles is 1. The summed E-state index contributed by atoms with van der Waals surface area (Å²) in [5, 5.41) is 13.1. The van der Waals surface area contributed by atoms with E-state index < -0.39 is 11.3 Å². The average Bonchev–Trinajstić information content (AvgIpc) is 2.94. The summed E-state index contributed by atoms with van der Waals surface area (Å²) in [5.41, 5.74) is 5.23. The zero-order valence-corrected chi connectivity index (χ0v) is 21.6. The van der Waals surface area contributed by atoms with E-state index in [1.807, 2.05) is 48.5 Å². The van der Waals surface area contributed by atoms with Crippen molar-refractivity contribution in [2.75, 3.05) is 42.5 Å². The summed E-state index contributed by atoms with van der Waals surface area (Å²) >= 11 is -2.46. The zero-order valence-electron chi connectivity index (χ0n) is 20.7. The monoisotopic (exact) mass is 527 g/mol. The number of ether oxygens (including phenoxy) is 1. The van der Waals surface area contributed by atoms with E-state index in [9.17, 15) is 8.76 Å². The number of anilines is 3. The van der Waals surface area contributed by atoms with Crippen LogP contribution in [0.2, 0.25) is 0 Å². The van der Waals surface area contributed by atoms with Gasteiger partial charge in [0.25, 0.3) is 0 Å². The van der Waals surface area contributed by atoms with Crippen molar-refractivity contribution in [1.82, 2.24) is 14.9 Å². The smallest absolute Gasteiger partial charge is 0.227 e. The van der Waals surface area contributed by atoms with Crippen LogP contribution in [0.15, 0.2) is 72.9 Å². The Bertz CT molecular complexity index is 1470. The van der Waals surface area contributed by atoms with E-state index in [0.29, 0.717) is 11.6 Å². The van der Waals surface area contributed by atoms with Gasteiger partial charge in [-0.25, -0.2) is 9.97 Å². The highest BCUT2D eigenvalue weighted by Crippen LogP contribution is 2.30. The van der Waals surface area contributed by atoms with Crippen LogP contribution < -0.4 is 9.62 Å². The molecule has 1 aliphatic rings. The number of aromatic nitrogens is 2. The van der Waals surface area contributed by atoms with E-state index in [1.54, 1.807) is 18.3 Å². The van der Waals surface area contributed by atoms with Gasteiger partial charge < -0.3 is 18.9 Å². The molecule has 1 atom stereocenters. The summed E-state index contributed by atoms with van der Waals surface area (Å²) in [6.07, 6.45) is 1.91. The lowest BCUT2D eigenvalue weighted by Crippen LogP contribution is -2.35. The molecule has 1 fully saturated rings. The van der Waals surface area contributed by atoms with Crippen molar-refractivity contribution in [3.63, 3.8) is 0 Å². The number of nitrogens with one attached hydrogen (secondary N) is 1. The first kappa shape index (κ1) is 25.8. The van der Waals surface area contributed by atoms with Crippen molar-refractivity contribution in [1.29, 1.82) is 5.26 Å². The van der Waals surface area contributed by atoms with Crippen LogP contribution >= 0.6 is 0 Å². The molecule has 0 spiro atoms. The van der Waals surface area contributed by atoms with E-state index in [0.717, 1.165) is 60.6 Å². The van der Waals surface area contributed by atoms with Crippen LogP contribution in [0, 0.1) is 11.3 Å². The number of para-hydroxylation sites is 1. The molecule has 0 amide bonds. The summed E-state index contributed by atoms with van der Waals surface area (Å²) in [5.74, 6) is 0.495. The molecule has 4 aromatic rings. The van der Waals surface area contributed by atoms with Gasteiger partial charge in [0, 0.05) is 66.0 Å². The first-order valence-electron chi connectivity index (χ1n) is 12.4. The molecular formula is C28H27N6O3S-. The Morgan fingerprint density at radius 1 is 1.11 bits per heavy atom. The summed E-state index contributed by atoms with van der Waals surface area (Å²) in [6.45, 7) is 4.38. The Morgan fingerprint density at radius 3 is 2.66 bits per heavy atom. The minimum atomic E-state index is -2.46. The molecule has 1 aromatic heterocycles. The number of rotatable bonds is 9. The van der Waals surface area contributed by atoms with Crippen molar-refractivity contribution in [2.45, 2.75) is 13.0 Å². The van der Waals surface area contributed by atoms with Gasteiger partial charge in [-0.15, -0.1) is 0 Å². The maximum atomic E-state index is 11.6. The normalized spacial score (nSPS) is 14.6. The third-order valence-corrected chi connectivity index (χ3v) is 7.13. The molecule has 38 heavy (non-hydrogen) atoms. The van der Waals surface area contributed by atoms with E-state index in [-0.39, 0.29) is 13.0 Å². The van der Waals surface area contributed by atoms with Crippen LogP contribution in [0.3, 0.4) is 0 Å². The van der Waals surface area contributed by atoms with Crippen molar-refractivity contribution < 1.29 is 13.5 Å². The Kier molecular flexibility index (Phi) is 8.21. The minimum Gasteiger partial charge on any atom is -0.755 e. The molecule has 3 aromatic carbocycles. The molecule has 1 saturated heterocycles. The molecule has 0 aliphatic carbocycles. The van der Waals surface area contributed by atoms with Gasteiger partial charge in [-0.05, 0) is 35.4 Å².